The molecule has 2 aromatic carbocycles. The molecule has 0 aliphatic heterocycles. The standard InChI is InChI=1S/C20H18BrNOS/c1-14-12-19(15(2)22(14)17-6-4-3-5-7-17)20(23)13-24-18-10-8-16(21)9-11-18/h3-12H,13H2,1-2H3. The van der Waals surface area contributed by atoms with Gasteiger partial charge in [-0.1, -0.05) is 34.1 Å². The number of hydrogen-bond acceptors (Lipinski definition) is 2. The van der Waals surface area contributed by atoms with Gasteiger partial charge in [0, 0.05) is 32.0 Å². The Balaban J connectivity index is 1.79. The zero-order valence-electron chi connectivity index (χ0n) is 13.6. The number of thioether (sulfide) groups is 1. The second-order valence-electron chi connectivity index (χ2n) is 5.62. The van der Waals surface area contributed by atoms with E-state index in [9.17, 15) is 4.79 Å². The number of nitrogens with zero attached hydrogens (tertiary/aromatic N) is 1. The van der Waals surface area contributed by atoms with E-state index in [1.54, 1.807) is 11.8 Å². The molecule has 0 aliphatic carbocycles. The van der Waals surface area contributed by atoms with Gasteiger partial charge in [-0.2, -0.15) is 0 Å². The topological polar surface area (TPSA) is 22.0 Å². The number of aromatic nitrogens is 1. The van der Waals surface area contributed by atoms with Gasteiger partial charge in [0.1, 0.15) is 0 Å². The van der Waals surface area contributed by atoms with Crippen LogP contribution in [-0.2, 0) is 0 Å². The molecule has 0 fully saturated rings. The van der Waals surface area contributed by atoms with Crippen molar-refractivity contribution in [2.45, 2.75) is 18.7 Å². The predicted molar refractivity (Wildman–Crippen MR) is 104 cm³/mol. The fraction of sp³-hybridized carbons (Fsp3) is 0.150. The Hall–Kier alpha value is -1.78. The summed E-state index contributed by atoms with van der Waals surface area (Å²) in [6.07, 6.45) is 0. The van der Waals surface area contributed by atoms with E-state index in [0.717, 1.165) is 32.0 Å². The minimum absolute atomic E-state index is 0.165. The molecule has 1 aromatic heterocycles. The molecule has 0 atom stereocenters. The third kappa shape index (κ3) is 3.65. The molecule has 3 aromatic rings. The SMILES string of the molecule is Cc1cc(C(=O)CSc2ccc(Br)cc2)c(C)n1-c1ccccc1. The van der Waals surface area contributed by atoms with Crippen LogP contribution < -0.4 is 0 Å². The maximum atomic E-state index is 12.7. The average Bonchev–Trinajstić information content (AvgIpc) is 2.89. The normalized spacial score (nSPS) is 10.8. The fourth-order valence-electron chi connectivity index (χ4n) is 2.78. The first-order valence-corrected chi connectivity index (χ1v) is 9.50. The van der Waals surface area contributed by atoms with Crippen LogP contribution in [0.2, 0.25) is 0 Å². The van der Waals surface area contributed by atoms with Crippen molar-refractivity contribution in [3.63, 3.8) is 0 Å². The molecule has 0 spiro atoms. The van der Waals surface area contributed by atoms with E-state index in [1.807, 2.05) is 62.4 Å². The van der Waals surface area contributed by atoms with Gasteiger partial charge in [0.2, 0.25) is 0 Å². The van der Waals surface area contributed by atoms with Gasteiger partial charge in [-0.05, 0) is 56.3 Å². The maximum Gasteiger partial charge on any atom is 0.174 e. The van der Waals surface area contributed by atoms with Gasteiger partial charge in [-0.25, -0.2) is 0 Å². The number of hydrogen-bond donors (Lipinski definition) is 0. The van der Waals surface area contributed by atoms with Crippen molar-refractivity contribution in [3.05, 3.63) is 82.1 Å². The van der Waals surface area contributed by atoms with Gasteiger partial charge >= 0.3 is 0 Å². The molecule has 0 N–H and O–H groups in total. The molecule has 4 heteroatoms. The largest absolute Gasteiger partial charge is 0.318 e. The maximum absolute atomic E-state index is 12.7. The molecule has 0 saturated heterocycles. The smallest absolute Gasteiger partial charge is 0.174 e. The third-order valence-corrected chi connectivity index (χ3v) is 5.47. The van der Waals surface area contributed by atoms with E-state index in [-0.39, 0.29) is 5.78 Å². The molecule has 0 unspecified atom stereocenters. The number of Topliss-reactive ketones (excluding diaryl/α,β-unsaturated/α-hetero) is 1. The Labute approximate surface area is 155 Å². The first kappa shape index (κ1) is 17.1. The summed E-state index contributed by atoms with van der Waals surface area (Å²) in [7, 11) is 0. The van der Waals surface area contributed by atoms with E-state index in [4.69, 9.17) is 0 Å². The molecule has 0 saturated carbocycles. The number of carbonyl (C=O) groups excluding carboxylic acids is 1. The van der Waals surface area contributed by atoms with Crippen LogP contribution in [0.5, 0.6) is 0 Å². The lowest BCUT2D eigenvalue weighted by Crippen LogP contribution is -2.05. The van der Waals surface area contributed by atoms with Crippen LogP contribution in [0.3, 0.4) is 0 Å². The Bertz CT molecular complexity index is 853. The Morgan fingerprint density at radius 1 is 1.04 bits per heavy atom. The second-order valence-corrected chi connectivity index (χ2v) is 7.59. The average molecular weight is 400 g/mol. The summed E-state index contributed by atoms with van der Waals surface area (Å²) in [6, 6.07) is 20.2. The van der Waals surface area contributed by atoms with Gasteiger partial charge in [-0.15, -0.1) is 11.8 Å². The summed E-state index contributed by atoms with van der Waals surface area (Å²) in [6.45, 7) is 4.05. The first-order chi connectivity index (χ1) is 11.6. The summed E-state index contributed by atoms with van der Waals surface area (Å²) in [4.78, 5) is 13.8. The zero-order valence-corrected chi connectivity index (χ0v) is 16.0. The minimum atomic E-state index is 0.165. The molecule has 0 bridgehead atoms. The van der Waals surface area contributed by atoms with Crippen LogP contribution >= 0.6 is 27.7 Å². The lowest BCUT2D eigenvalue weighted by Gasteiger charge is -2.09. The van der Waals surface area contributed by atoms with Crippen LogP contribution in [0.25, 0.3) is 5.69 Å². The summed E-state index contributed by atoms with van der Waals surface area (Å²) in [5.41, 5.74) is 3.98. The van der Waals surface area contributed by atoms with Crippen molar-refractivity contribution in [3.8, 4) is 5.69 Å². The van der Waals surface area contributed by atoms with Crippen LogP contribution in [0.1, 0.15) is 21.7 Å². The Morgan fingerprint density at radius 3 is 2.38 bits per heavy atom. The first-order valence-electron chi connectivity index (χ1n) is 7.72. The van der Waals surface area contributed by atoms with E-state index in [1.165, 1.54) is 0 Å². The molecule has 24 heavy (non-hydrogen) atoms. The van der Waals surface area contributed by atoms with E-state index in [2.05, 4.69) is 32.6 Å². The lowest BCUT2D eigenvalue weighted by atomic mass is 10.2. The predicted octanol–water partition coefficient (Wildman–Crippen LogP) is 5.83. The Kier molecular flexibility index (Phi) is 5.27. The molecular formula is C20H18BrNOS. The van der Waals surface area contributed by atoms with Crippen LogP contribution in [0.15, 0.2) is 70.0 Å². The minimum Gasteiger partial charge on any atom is -0.318 e. The zero-order chi connectivity index (χ0) is 17.1. The number of benzene rings is 2. The summed E-state index contributed by atoms with van der Waals surface area (Å²) >= 11 is 5.00. The van der Waals surface area contributed by atoms with Gasteiger partial charge in [0.25, 0.3) is 0 Å². The van der Waals surface area contributed by atoms with Crippen molar-refractivity contribution in [2.24, 2.45) is 0 Å². The van der Waals surface area contributed by atoms with Crippen molar-refractivity contribution in [2.75, 3.05) is 5.75 Å². The van der Waals surface area contributed by atoms with E-state index < -0.39 is 0 Å². The van der Waals surface area contributed by atoms with Crippen molar-refractivity contribution >= 4 is 33.5 Å². The molecule has 0 amide bonds. The van der Waals surface area contributed by atoms with Gasteiger partial charge in [0.15, 0.2) is 5.78 Å². The quantitative estimate of drug-likeness (QED) is 0.397. The molecule has 122 valence electrons. The van der Waals surface area contributed by atoms with Crippen LogP contribution in [0.4, 0.5) is 0 Å². The highest BCUT2D eigenvalue weighted by atomic mass is 79.9. The van der Waals surface area contributed by atoms with Crippen LogP contribution in [0, 0.1) is 13.8 Å². The Morgan fingerprint density at radius 2 is 1.71 bits per heavy atom. The molecule has 3 rings (SSSR count). The number of ketones is 1. The molecule has 0 radical (unpaired) electrons. The van der Waals surface area contributed by atoms with Gasteiger partial charge in [-0.3, -0.25) is 4.79 Å². The number of carbonyl (C=O) groups is 1. The van der Waals surface area contributed by atoms with E-state index >= 15 is 0 Å². The van der Waals surface area contributed by atoms with Gasteiger partial charge in [0.05, 0.1) is 5.75 Å². The third-order valence-electron chi connectivity index (χ3n) is 3.93. The second kappa shape index (κ2) is 7.41. The van der Waals surface area contributed by atoms with Crippen molar-refractivity contribution in [1.82, 2.24) is 4.57 Å². The highest BCUT2D eigenvalue weighted by Crippen LogP contribution is 2.25. The molecule has 2 nitrogen and oxygen atoms in total. The lowest BCUT2D eigenvalue weighted by molar-refractivity contribution is 0.102. The summed E-state index contributed by atoms with van der Waals surface area (Å²) in [5, 5.41) is 0. The van der Waals surface area contributed by atoms with Gasteiger partial charge < -0.3 is 4.57 Å². The number of rotatable bonds is 5. The fourth-order valence-corrected chi connectivity index (χ4v) is 3.82. The monoisotopic (exact) mass is 399 g/mol. The summed E-state index contributed by atoms with van der Waals surface area (Å²) < 4.78 is 3.18. The van der Waals surface area contributed by atoms with Crippen molar-refractivity contribution in [1.29, 1.82) is 0 Å². The summed E-state index contributed by atoms with van der Waals surface area (Å²) in [5.74, 6) is 0.610. The molecular weight excluding hydrogens is 382 g/mol. The molecule has 0 aliphatic rings. The van der Waals surface area contributed by atoms with Crippen molar-refractivity contribution < 1.29 is 4.79 Å². The van der Waals surface area contributed by atoms with E-state index in [0.29, 0.717) is 5.75 Å². The highest BCUT2D eigenvalue weighted by Gasteiger charge is 2.16. The molecule has 1 heterocycles. The highest BCUT2D eigenvalue weighted by molar-refractivity contribution is 9.10. The van der Waals surface area contributed by atoms with Crippen LogP contribution in [-0.4, -0.2) is 16.1 Å². The number of aryl methyl sites for hydroxylation is 1. The number of halogens is 1. The number of para-hydroxylation sites is 1.